The number of amides is 1. The lowest BCUT2D eigenvalue weighted by atomic mass is 10.1. The van der Waals surface area contributed by atoms with E-state index in [0.717, 1.165) is 25.7 Å². The van der Waals surface area contributed by atoms with Crippen molar-refractivity contribution in [1.82, 2.24) is 5.32 Å². The first-order valence-electron chi connectivity index (χ1n) is 9.23. The van der Waals surface area contributed by atoms with Gasteiger partial charge in [-0.25, -0.2) is 4.79 Å². The molecule has 0 saturated heterocycles. The minimum atomic E-state index is -0.990. The molecule has 0 aromatic heterocycles. The van der Waals surface area contributed by atoms with Crippen LogP contribution in [0.4, 0.5) is 0 Å². The van der Waals surface area contributed by atoms with Gasteiger partial charge in [0.1, 0.15) is 5.56 Å². The molecule has 1 fully saturated rings. The maximum Gasteiger partial charge on any atom is 0.343 e. The Labute approximate surface area is 159 Å². The monoisotopic (exact) mass is 377 g/mol. The summed E-state index contributed by atoms with van der Waals surface area (Å²) in [6.07, 6.45) is 5.95. The molecule has 1 N–H and O–H groups in total. The summed E-state index contributed by atoms with van der Waals surface area (Å²) in [4.78, 5) is 36.4. The van der Waals surface area contributed by atoms with E-state index in [1.165, 1.54) is 46.1 Å². The number of rotatable bonds is 7. The van der Waals surface area contributed by atoms with E-state index in [1.807, 2.05) is 0 Å². The third kappa shape index (κ3) is 5.21. The maximum atomic E-state index is 12.6. The van der Waals surface area contributed by atoms with Crippen LogP contribution in [0.2, 0.25) is 0 Å². The van der Waals surface area contributed by atoms with Crippen LogP contribution in [0.5, 0.6) is 11.5 Å². The van der Waals surface area contributed by atoms with Gasteiger partial charge in [0.2, 0.25) is 0 Å². The van der Waals surface area contributed by atoms with Gasteiger partial charge in [-0.05, 0) is 31.9 Å². The number of ether oxygens (including phenoxy) is 3. The molecule has 1 atom stereocenters. The Morgan fingerprint density at radius 3 is 2.33 bits per heavy atom. The molecule has 1 aromatic rings. The predicted molar refractivity (Wildman–Crippen MR) is 99.4 cm³/mol. The van der Waals surface area contributed by atoms with Crippen molar-refractivity contribution < 1.29 is 28.6 Å². The second-order valence-electron chi connectivity index (χ2n) is 6.63. The highest BCUT2D eigenvalue weighted by molar-refractivity contribution is 6.02. The zero-order valence-electron chi connectivity index (χ0n) is 16.1. The van der Waals surface area contributed by atoms with Gasteiger partial charge in [-0.15, -0.1) is 0 Å². The molecule has 0 heterocycles. The molecular weight excluding hydrogens is 350 g/mol. The minimum Gasteiger partial charge on any atom is -0.493 e. The van der Waals surface area contributed by atoms with Crippen LogP contribution < -0.4 is 14.8 Å². The summed E-state index contributed by atoms with van der Waals surface area (Å²) < 4.78 is 15.7. The third-order valence-corrected chi connectivity index (χ3v) is 4.76. The van der Waals surface area contributed by atoms with Gasteiger partial charge in [0.05, 0.1) is 14.2 Å². The zero-order valence-corrected chi connectivity index (χ0v) is 16.1. The quantitative estimate of drug-likeness (QED) is 0.446. The van der Waals surface area contributed by atoms with E-state index in [1.54, 1.807) is 0 Å². The zero-order chi connectivity index (χ0) is 19.8. The van der Waals surface area contributed by atoms with Crippen LogP contribution in [0.15, 0.2) is 12.1 Å². The lowest BCUT2D eigenvalue weighted by molar-refractivity contribution is -0.129. The van der Waals surface area contributed by atoms with Crippen LogP contribution in [0.25, 0.3) is 0 Å². The highest BCUT2D eigenvalue weighted by Gasteiger charge is 2.27. The van der Waals surface area contributed by atoms with Crippen LogP contribution in [0.1, 0.15) is 66.2 Å². The molecule has 1 aliphatic carbocycles. The van der Waals surface area contributed by atoms with Crippen LogP contribution in [0.3, 0.4) is 0 Å². The van der Waals surface area contributed by atoms with Crippen molar-refractivity contribution in [3.63, 3.8) is 0 Å². The lowest BCUT2D eigenvalue weighted by Gasteiger charge is -2.20. The number of benzene rings is 1. The molecule has 0 bridgehead atoms. The fraction of sp³-hybridized carbons (Fsp3) is 0.550. The lowest BCUT2D eigenvalue weighted by Crippen LogP contribution is -2.42. The van der Waals surface area contributed by atoms with Crippen LogP contribution in [-0.2, 0) is 9.53 Å². The summed E-state index contributed by atoms with van der Waals surface area (Å²) >= 11 is 0. The SMILES string of the molecule is COc1ccc(C=O)c(C(=O)O[C@H](C)C(=O)NC2CCCCCC2)c1OC. The molecule has 7 nitrogen and oxygen atoms in total. The standard InChI is InChI=1S/C20H27NO6/c1-13(19(23)21-15-8-6-4-5-7-9-15)27-20(24)17-14(12-22)10-11-16(25-2)18(17)26-3/h10-13,15H,4-9H2,1-3H3,(H,21,23)/t13-/m1/s1. The molecule has 1 amide bonds. The fourth-order valence-corrected chi connectivity index (χ4v) is 3.27. The Kier molecular flexibility index (Phi) is 7.64. The van der Waals surface area contributed by atoms with Gasteiger partial charge >= 0.3 is 5.97 Å². The number of nitrogens with one attached hydrogen (secondary N) is 1. The summed E-state index contributed by atoms with van der Waals surface area (Å²) in [7, 11) is 2.79. The molecule has 0 spiro atoms. The van der Waals surface area contributed by atoms with Crippen LogP contribution >= 0.6 is 0 Å². The minimum absolute atomic E-state index is 0.0547. The Morgan fingerprint density at radius 2 is 1.78 bits per heavy atom. The number of aldehydes is 1. The molecular formula is C20H27NO6. The number of carbonyl (C=O) groups is 3. The van der Waals surface area contributed by atoms with Crippen molar-refractivity contribution in [2.24, 2.45) is 0 Å². The van der Waals surface area contributed by atoms with E-state index >= 15 is 0 Å². The summed E-state index contributed by atoms with van der Waals surface area (Å²) in [6.45, 7) is 1.51. The Balaban J connectivity index is 2.11. The molecule has 1 saturated carbocycles. The van der Waals surface area contributed by atoms with Crippen molar-refractivity contribution in [1.29, 1.82) is 0 Å². The van der Waals surface area contributed by atoms with E-state index in [2.05, 4.69) is 5.32 Å². The molecule has 7 heteroatoms. The molecule has 1 aliphatic rings. The predicted octanol–water partition coefficient (Wildman–Crippen LogP) is 2.90. The molecule has 1 aromatic carbocycles. The first kappa shape index (κ1) is 20.7. The third-order valence-electron chi connectivity index (χ3n) is 4.76. The Bertz CT molecular complexity index is 679. The van der Waals surface area contributed by atoms with Crippen molar-refractivity contribution in [3.8, 4) is 11.5 Å². The smallest absolute Gasteiger partial charge is 0.343 e. The van der Waals surface area contributed by atoms with E-state index in [-0.39, 0.29) is 28.8 Å². The topological polar surface area (TPSA) is 90.9 Å². The molecule has 2 rings (SSSR count). The number of esters is 1. The largest absolute Gasteiger partial charge is 0.493 e. The molecule has 27 heavy (non-hydrogen) atoms. The summed E-state index contributed by atoms with van der Waals surface area (Å²) in [5, 5.41) is 2.95. The van der Waals surface area contributed by atoms with Gasteiger partial charge in [0, 0.05) is 11.6 Å². The number of hydrogen-bond acceptors (Lipinski definition) is 6. The number of hydrogen-bond donors (Lipinski definition) is 1. The van der Waals surface area contributed by atoms with Crippen molar-refractivity contribution in [2.45, 2.75) is 57.6 Å². The normalized spacial score (nSPS) is 16.0. The molecule has 0 unspecified atom stereocenters. The van der Waals surface area contributed by atoms with Gasteiger partial charge in [0.15, 0.2) is 23.9 Å². The van der Waals surface area contributed by atoms with E-state index in [4.69, 9.17) is 14.2 Å². The number of carbonyl (C=O) groups excluding carboxylic acids is 3. The summed E-state index contributed by atoms with van der Waals surface area (Å²) in [5.41, 5.74) is 0.0509. The van der Waals surface area contributed by atoms with Crippen molar-refractivity contribution >= 4 is 18.2 Å². The fourth-order valence-electron chi connectivity index (χ4n) is 3.27. The first-order chi connectivity index (χ1) is 13.0. The van der Waals surface area contributed by atoms with Gasteiger partial charge in [-0.2, -0.15) is 0 Å². The summed E-state index contributed by atoms with van der Waals surface area (Å²) in [5.74, 6) is -0.754. The van der Waals surface area contributed by atoms with Gasteiger partial charge < -0.3 is 19.5 Å². The molecule has 0 radical (unpaired) electrons. The second-order valence-corrected chi connectivity index (χ2v) is 6.63. The maximum absolute atomic E-state index is 12.6. The molecule has 148 valence electrons. The van der Waals surface area contributed by atoms with Gasteiger partial charge in [0.25, 0.3) is 5.91 Å². The van der Waals surface area contributed by atoms with E-state index in [9.17, 15) is 14.4 Å². The highest BCUT2D eigenvalue weighted by Crippen LogP contribution is 2.33. The van der Waals surface area contributed by atoms with E-state index in [0.29, 0.717) is 12.0 Å². The van der Waals surface area contributed by atoms with E-state index < -0.39 is 12.1 Å². The van der Waals surface area contributed by atoms with Crippen LogP contribution in [0, 0.1) is 0 Å². The highest BCUT2D eigenvalue weighted by atomic mass is 16.6. The summed E-state index contributed by atoms with van der Waals surface area (Å²) in [6, 6.07) is 3.08. The van der Waals surface area contributed by atoms with Gasteiger partial charge in [-0.1, -0.05) is 25.7 Å². The average molecular weight is 377 g/mol. The Morgan fingerprint density at radius 1 is 1.11 bits per heavy atom. The molecule has 0 aliphatic heterocycles. The van der Waals surface area contributed by atoms with Crippen LogP contribution in [-0.4, -0.2) is 44.5 Å². The first-order valence-corrected chi connectivity index (χ1v) is 9.23. The number of methoxy groups -OCH3 is 2. The van der Waals surface area contributed by atoms with Gasteiger partial charge in [-0.3, -0.25) is 9.59 Å². The van der Waals surface area contributed by atoms with Crippen molar-refractivity contribution in [3.05, 3.63) is 23.3 Å². The second kappa shape index (κ2) is 9.94. The van der Waals surface area contributed by atoms with Crippen molar-refractivity contribution in [2.75, 3.05) is 14.2 Å². The Hall–Kier alpha value is -2.57. The average Bonchev–Trinajstić information content (AvgIpc) is 2.94.